The van der Waals surface area contributed by atoms with Gasteiger partial charge < -0.3 is 37.0 Å². The van der Waals surface area contributed by atoms with E-state index >= 15 is 0 Å². The highest BCUT2D eigenvalue weighted by molar-refractivity contribution is 6.75. The van der Waals surface area contributed by atoms with E-state index in [1.807, 2.05) is 31.2 Å². The van der Waals surface area contributed by atoms with Crippen LogP contribution in [0, 0.1) is 41.4 Å². The zero-order valence-electron chi connectivity index (χ0n) is 50.5. The Bertz CT molecular complexity index is 1890. The molecule has 0 N–H and O–H groups in total. The van der Waals surface area contributed by atoms with Gasteiger partial charge in [-0.2, -0.15) is 0 Å². The Morgan fingerprint density at radius 3 is 1.78 bits per heavy atom. The number of ether oxygens (including phenoxy) is 5. The summed E-state index contributed by atoms with van der Waals surface area (Å²) in [6.45, 7) is 56.7. The number of hydrogen-bond acceptors (Lipinski definition) is 9. The van der Waals surface area contributed by atoms with Crippen LogP contribution >= 0.6 is 0 Å². The molecular weight excluding hydrogens is 949 g/mol. The number of benzene rings is 1. The second-order valence-corrected chi connectivity index (χ2v) is 40.5. The first-order chi connectivity index (χ1) is 32.9. The lowest BCUT2D eigenvalue weighted by Gasteiger charge is -2.47. The molecule has 9 nitrogen and oxygen atoms in total. The van der Waals surface area contributed by atoms with Crippen molar-refractivity contribution >= 4 is 30.9 Å². The van der Waals surface area contributed by atoms with E-state index in [0.717, 1.165) is 17.7 Å². The van der Waals surface area contributed by atoms with Gasteiger partial charge in [0.25, 0.3) is 0 Å². The topological polar surface area (TPSA) is 90.9 Å². The predicted octanol–water partition coefficient (Wildman–Crippen LogP) is 16.1. The van der Waals surface area contributed by atoms with Crippen molar-refractivity contribution in [3.05, 3.63) is 78.4 Å². The summed E-state index contributed by atoms with van der Waals surface area (Å²) in [4.78, 5) is 13.6. The van der Waals surface area contributed by atoms with Gasteiger partial charge in [-0.25, -0.2) is 0 Å². The predicted molar refractivity (Wildman–Crippen MR) is 310 cm³/mol. The van der Waals surface area contributed by atoms with Crippen molar-refractivity contribution in [3.8, 4) is 5.75 Å². The maximum atomic E-state index is 13.6. The molecule has 0 unspecified atom stereocenters. The Hall–Kier alpha value is -2.14. The largest absolute Gasteiger partial charge is 0.497 e. The van der Waals surface area contributed by atoms with E-state index in [9.17, 15) is 4.79 Å². The number of allylic oxidation sites excluding steroid dienone is 3. The fourth-order valence-corrected chi connectivity index (χ4v) is 13.4. The SMILES string of the molecule is C=CC=C[C@H](C)[C@H](OCc1ccc(OC)cc1)[C@@H](C)[C@H](O[Si](C)(C)C(C)(C)C)[C@@H](C)CC(C)=C[C@H](C)[C@@H](OCOC)[C@@H](C)C=C[C@H](C[C@@H]1OC(=O)[C@H](C)[C@@H](O[Si](C)(C)C(C)(C)C)[C@H]1C)O[Si](C)(C)C(C)(C)C. The Labute approximate surface area is 445 Å². The van der Waals surface area contributed by atoms with Crippen LogP contribution in [0.2, 0.25) is 54.4 Å². The second kappa shape index (κ2) is 27.8. The molecule has 1 aromatic carbocycles. The molecule has 1 fully saturated rings. The second-order valence-electron chi connectivity index (χ2n) is 26.3. The third kappa shape index (κ3) is 19.2. The number of rotatable bonds is 28. The van der Waals surface area contributed by atoms with Crippen molar-refractivity contribution in [2.75, 3.05) is 21.0 Å². The molecule has 0 bridgehead atoms. The molecule has 1 aliphatic heterocycles. The smallest absolute Gasteiger partial charge is 0.311 e. The molecule has 0 aliphatic carbocycles. The molecule has 0 radical (unpaired) electrons. The summed E-state index contributed by atoms with van der Waals surface area (Å²) in [5, 5.41) is 0.0287. The molecule has 1 saturated heterocycles. The monoisotopic (exact) mass is 1060 g/mol. The van der Waals surface area contributed by atoms with Gasteiger partial charge in [0.05, 0.1) is 50.2 Å². The van der Waals surface area contributed by atoms with Gasteiger partial charge in [0, 0.05) is 43.1 Å². The van der Waals surface area contributed by atoms with Crippen molar-refractivity contribution in [1.82, 2.24) is 0 Å². The lowest BCUT2D eigenvalue weighted by molar-refractivity contribution is -0.177. The molecule has 13 atom stereocenters. The van der Waals surface area contributed by atoms with E-state index in [0.29, 0.717) is 13.0 Å². The van der Waals surface area contributed by atoms with Gasteiger partial charge in [-0.15, -0.1) is 0 Å². The van der Waals surface area contributed by atoms with E-state index < -0.39 is 25.0 Å². The quantitative estimate of drug-likeness (QED) is 0.0268. The number of hydrogen-bond donors (Lipinski definition) is 0. The number of cyclic esters (lactones) is 1. The van der Waals surface area contributed by atoms with Crippen molar-refractivity contribution in [1.29, 1.82) is 0 Å². The standard InChI is InChI=1S/C60H108O9Si3/c1-27-28-29-42(3)54(64-39-49-31-34-50(63-20)35-32-49)47(8)55(68-71(23,24)59(13,14)15)45(6)37-41(2)36-44(5)53(65-40-62-19)43(4)30-33-51(67-70(21,22)58(10,11)12)38-52-46(7)56(48(9)57(61)66-52)69-72(25,26)60(16,17)18/h27-36,42-48,51-56H,1,37-40H2,2-26H3/t42-,43-,44-,45-,46-,47+,48+,51+,52-,53-,54-,55+,56-/m0/s1. The van der Waals surface area contributed by atoms with Crippen molar-refractivity contribution in [2.45, 2.75) is 228 Å². The summed E-state index contributed by atoms with van der Waals surface area (Å²) < 4.78 is 52.4. The summed E-state index contributed by atoms with van der Waals surface area (Å²) >= 11 is 0. The number of carbonyl (C=O) groups excluding carboxylic acids is 1. The van der Waals surface area contributed by atoms with Crippen LogP contribution in [0.15, 0.2) is 72.9 Å². The zero-order valence-corrected chi connectivity index (χ0v) is 53.5. The molecule has 2 rings (SSSR count). The summed E-state index contributed by atoms with van der Waals surface area (Å²) in [7, 11) is -3.28. The van der Waals surface area contributed by atoms with Crippen molar-refractivity contribution < 1.29 is 41.8 Å². The first-order valence-electron chi connectivity index (χ1n) is 27.2. The average molecular weight is 1060 g/mol. The Balaban J connectivity index is 2.55. The molecule has 0 spiro atoms. The fraction of sp³-hybridized carbons (Fsp3) is 0.750. The molecule has 1 heterocycles. The average Bonchev–Trinajstić information content (AvgIpc) is 3.26. The van der Waals surface area contributed by atoms with Crippen LogP contribution in [0.1, 0.15) is 136 Å². The maximum absolute atomic E-state index is 13.6. The Kier molecular flexibility index (Phi) is 25.4. The van der Waals surface area contributed by atoms with Gasteiger partial charge in [-0.3, -0.25) is 4.79 Å². The first-order valence-corrected chi connectivity index (χ1v) is 35.9. The minimum absolute atomic E-state index is 0.00149. The Morgan fingerprint density at radius 1 is 0.722 bits per heavy atom. The lowest BCUT2D eigenvalue weighted by Crippen LogP contribution is -2.55. The zero-order chi connectivity index (χ0) is 55.4. The molecule has 414 valence electrons. The number of esters is 1. The molecular formula is C60H108O9Si3. The van der Waals surface area contributed by atoms with Crippen molar-refractivity contribution in [2.24, 2.45) is 41.4 Å². The highest BCUT2D eigenvalue weighted by atomic mass is 28.4. The molecule has 72 heavy (non-hydrogen) atoms. The highest BCUT2D eigenvalue weighted by Crippen LogP contribution is 2.44. The van der Waals surface area contributed by atoms with Gasteiger partial charge in [-0.1, -0.05) is 165 Å². The minimum atomic E-state index is -2.26. The van der Waals surface area contributed by atoms with Crippen molar-refractivity contribution in [3.63, 3.8) is 0 Å². The number of carbonyl (C=O) groups is 1. The Morgan fingerprint density at radius 2 is 1.26 bits per heavy atom. The number of methoxy groups -OCH3 is 2. The van der Waals surface area contributed by atoms with Gasteiger partial charge in [0.2, 0.25) is 0 Å². The molecule has 12 heteroatoms. The van der Waals surface area contributed by atoms with E-state index in [-0.39, 0.29) is 106 Å². The minimum Gasteiger partial charge on any atom is -0.497 e. The lowest BCUT2D eigenvalue weighted by atomic mass is 9.81. The van der Waals surface area contributed by atoms with Gasteiger partial charge in [0.1, 0.15) is 18.6 Å². The maximum Gasteiger partial charge on any atom is 0.311 e. The van der Waals surface area contributed by atoms with Crippen LogP contribution in [0.4, 0.5) is 0 Å². The molecule has 0 amide bonds. The molecule has 1 aromatic rings. The van der Waals surface area contributed by atoms with Crippen LogP contribution in [-0.4, -0.2) is 88.6 Å². The molecule has 0 aromatic heterocycles. The third-order valence-corrected chi connectivity index (χ3v) is 30.4. The van der Waals surface area contributed by atoms with Crippen LogP contribution in [0.25, 0.3) is 0 Å². The van der Waals surface area contributed by atoms with E-state index in [1.54, 1.807) is 14.2 Å². The summed E-state index contributed by atoms with van der Waals surface area (Å²) in [6.07, 6.45) is 13.1. The normalized spacial score (nSPS) is 23.0. The fourth-order valence-electron chi connectivity index (χ4n) is 9.18. The summed E-state index contributed by atoms with van der Waals surface area (Å²) in [5.41, 5.74) is 2.39. The highest BCUT2D eigenvalue weighted by Gasteiger charge is 2.49. The van der Waals surface area contributed by atoms with Gasteiger partial charge >= 0.3 is 5.97 Å². The molecule has 1 aliphatic rings. The van der Waals surface area contributed by atoms with Crippen LogP contribution < -0.4 is 4.74 Å². The first kappa shape index (κ1) is 66.0. The summed E-state index contributed by atoms with van der Waals surface area (Å²) in [6, 6.07) is 8.13. The third-order valence-electron chi connectivity index (χ3n) is 16.9. The van der Waals surface area contributed by atoms with Gasteiger partial charge in [-0.05, 0) is 98.3 Å². The van der Waals surface area contributed by atoms with E-state index in [1.165, 1.54) is 5.57 Å². The molecule has 0 saturated carbocycles. The summed E-state index contributed by atoms with van der Waals surface area (Å²) in [5.74, 6) is 0.749. The van der Waals surface area contributed by atoms with Gasteiger partial charge in [0.15, 0.2) is 25.0 Å². The van der Waals surface area contributed by atoms with Crippen LogP contribution in [0.5, 0.6) is 5.75 Å². The van der Waals surface area contributed by atoms with Crippen LogP contribution in [-0.2, 0) is 43.6 Å². The van der Waals surface area contributed by atoms with E-state index in [4.69, 9.17) is 37.0 Å². The van der Waals surface area contributed by atoms with Crippen LogP contribution in [0.3, 0.4) is 0 Å². The van der Waals surface area contributed by atoms with E-state index in [2.05, 4.69) is 193 Å².